The molecule has 2 N–H and O–H groups in total. The molecule has 4 nitrogen and oxygen atoms in total. The summed E-state index contributed by atoms with van der Waals surface area (Å²) in [4.78, 5) is 24.4. The summed E-state index contributed by atoms with van der Waals surface area (Å²) < 4.78 is 0. The number of hydrogen-bond acceptors (Lipinski definition) is 2. The SMILES string of the molecule is C=C(C)C1CCC2(C(=O)O)CCC3(C)C(CCC4C(C)(CCC(=O)O)C(C(=C)C)CCC43C)C12. The van der Waals surface area contributed by atoms with E-state index in [2.05, 4.69) is 47.8 Å². The number of hydrogen-bond donors (Lipinski definition) is 2. The second-order valence-corrected chi connectivity index (χ2v) is 13.4. The Morgan fingerprint density at radius 3 is 2.09 bits per heavy atom. The van der Waals surface area contributed by atoms with Gasteiger partial charge in [0, 0.05) is 6.42 Å². The van der Waals surface area contributed by atoms with Crippen LogP contribution in [0.25, 0.3) is 0 Å². The average molecular weight is 471 g/mol. The van der Waals surface area contributed by atoms with E-state index in [1.807, 2.05) is 0 Å². The molecule has 9 atom stereocenters. The molecule has 4 saturated carbocycles. The van der Waals surface area contributed by atoms with Gasteiger partial charge in [-0.3, -0.25) is 9.59 Å². The number of allylic oxidation sites excluding steroid dienone is 2. The first kappa shape index (κ1) is 25.5. The molecule has 9 unspecified atom stereocenters. The van der Waals surface area contributed by atoms with Crippen molar-refractivity contribution in [2.24, 2.45) is 51.2 Å². The van der Waals surface area contributed by atoms with Crippen LogP contribution < -0.4 is 0 Å². The monoisotopic (exact) mass is 470 g/mol. The molecular formula is C30H46O4. The maximum absolute atomic E-state index is 12.7. The molecule has 4 aliphatic rings. The van der Waals surface area contributed by atoms with E-state index in [-0.39, 0.29) is 28.6 Å². The third-order valence-corrected chi connectivity index (χ3v) is 12.2. The van der Waals surface area contributed by atoms with Gasteiger partial charge in [-0.05, 0) is 117 Å². The largest absolute Gasteiger partial charge is 0.481 e. The van der Waals surface area contributed by atoms with E-state index in [4.69, 9.17) is 0 Å². The van der Waals surface area contributed by atoms with Crippen molar-refractivity contribution in [1.29, 1.82) is 0 Å². The van der Waals surface area contributed by atoms with E-state index in [0.29, 0.717) is 30.1 Å². The van der Waals surface area contributed by atoms with Crippen LogP contribution in [-0.4, -0.2) is 22.2 Å². The molecule has 0 aromatic carbocycles. The molecule has 190 valence electrons. The Hall–Kier alpha value is -1.58. The van der Waals surface area contributed by atoms with Gasteiger partial charge in [0.25, 0.3) is 0 Å². The first-order valence-electron chi connectivity index (χ1n) is 13.5. The van der Waals surface area contributed by atoms with Gasteiger partial charge in [-0.2, -0.15) is 0 Å². The lowest BCUT2D eigenvalue weighted by molar-refractivity contribution is -0.219. The van der Waals surface area contributed by atoms with Gasteiger partial charge in [-0.1, -0.05) is 45.1 Å². The zero-order chi connectivity index (χ0) is 25.3. The highest BCUT2D eigenvalue weighted by Crippen LogP contribution is 2.76. The summed E-state index contributed by atoms with van der Waals surface area (Å²) in [5.74, 6) is 0.322. The van der Waals surface area contributed by atoms with Crippen LogP contribution in [0.2, 0.25) is 0 Å². The van der Waals surface area contributed by atoms with Crippen molar-refractivity contribution in [2.45, 2.75) is 98.8 Å². The standard InChI is InChI=1S/C30H46O4/c1-18(2)20-10-15-30(26(33)34)17-16-28(6)22(25(20)30)8-9-23-27(5,13-12-24(31)32)21(19(3)4)11-14-29(23,28)7/h20-23,25H,1,3,8-17H2,2,4-7H3,(H,31,32)(H,33,34). The molecule has 0 aromatic heterocycles. The molecule has 0 aliphatic heterocycles. The Kier molecular flexibility index (Phi) is 6.18. The van der Waals surface area contributed by atoms with Crippen LogP contribution in [-0.2, 0) is 9.59 Å². The van der Waals surface area contributed by atoms with E-state index < -0.39 is 17.4 Å². The van der Waals surface area contributed by atoms with Crippen LogP contribution in [0.3, 0.4) is 0 Å². The third kappa shape index (κ3) is 3.29. The van der Waals surface area contributed by atoms with Crippen molar-refractivity contribution in [1.82, 2.24) is 0 Å². The van der Waals surface area contributed by atoms with Crippen LogP contribution in [0.5, 0.6) is 0 Å². The minimum Gasteiger partial charge on any atom is -0.481 e. The van der Waals surface area contributed by atoms with Crippen molar-refractivity contribution in [3.63, 3.8) is 0 Å². The molecule has 0 radical (unpaired) electrons. The van der Waals surface area contributed by atoms with Gasteiger partial charge >= 0.3 is 11.9 Å². The van der Waals surface area contributed by atoms with E-state index in [0.717, 1.165) is 56.9 Å². The van der Waals surface area contributed by atoms with Crippen molar-refractivity contribution in [3.8, 4) is 0 Å². The highest BCUT2D eigenvalue weighted by atomic mass is 16.4. The Balaban J connectivity index is 1.78. The Morgan fingerprint density at radius 2 is 1.53 bits per heavy atom. The van der Waals surface area contributed by atoms with Crippen molar-refractivity contribution in [3.05, 3.63) is 24.3 Å². The van der Waals surface area contributed by atoms with Crippen molar-refractivity contribution >= 4 is 11.9 Å². The Labute approximate surface area is 206 Å². The maximum Gasteiger partial charge on any atom is 0.309 e. The molecule has 0 saturated heterocycles. The number of aliphatic carboxylic acids is 2. The van der Waals surface area contributed by atoms with Gasteiger partial charge in [0.1, 0.15) is 0 Å². The van der Waals surface area contributed by atoms with Crippen LogP contribution in [0.15, 0.2) is 24.3 Å². The zero-order valence-corrected chi connectivity index (χ0v) is 22.1. The summed E-state index contributed by atoms with van der Waals surface area (Å²) in [6, 6.07) is 0. The van der Waals surface area contributed by atoms with E-state index in [1.165, 1.54) is 5.57 Å². The number of rotatable bonds is 6. The summed E-state index contributed by atoms with van der Waals surface area (Å²) in [5.41, 5.74) is 1.79. The van der Waals surface area contributed by atoms with Gasteiger partial charge in [-0.25, -0.2) is 0 Å². The number of carbonyl (C=O) groups is 2. The van der Waals surface area contributed by atoms with E-state index in [1.54, 1.807) is 0 Å². The quantitative estimate of drug-likeness (QED) is 0.398. The predicted octanol–water partition coefficient (Wildman–Crippen LogP) is 7.35. The van der Waals surface area contributed by atoms with E-state index in [9.17, 15) is 19.8 Å². The molecule has 4 aliphatic carbocycles. The topological polar surface area (TPSA) is 74.6 Å². The fourth-order valence-corrected chi connectivity index (χ4v) is 10.4. The van der Waals surface area contributed by atoms with Crippen LogP contribution in [0, 0.1) is 51.2 Å². The van der Waals surface area contributed by atoms with Crippen LogP contribution in [0.1, 0.15) is 98.8 Å². The maximum atomic E-state index is 12.7. The van der Waals surface area contributed by atoms with Crippen LogP contribution >= 0.6 is 0 Å². The predicted molar refractivity (Wildman–Crippen MR) is 135 cm³/mol. The molecule has 0 amide bonds. The third-order valence-electron chi connectivity index (χ3n) is 12.2. The van der Waals surface area contributed by atoms with Gasteiger partial charge in [0.2, 0.25) is 0 Å². The molecule has 4 fully saturated rings. The lowest BCUT2D eigenvalue weighted by Gasteiger charge is -2.70. The molecule has 4 heteroatoms. The normalized spacial score (nSPS) is 47.7. The second kappa shape index (κ2) is 8.23. The summed E-state index contributed by atoms with van der Waals surface area (Å²) in [7, 11) is 0. The fraction of sp³-hybridized carbons (Fsp3) is 0.800. The minimum atomic E-state index is -0.715. The average Bonchev–Trinajstić information content (AvgIpc) is 3.14. The zero-order valence-electron chi connectivity index (χ0n) is 22.1. The molecule has 0 aromatic rings. The van der Waals surface area contributed by atoms with Gasteiger partial charge in [0.15, 0.2) is 0 Å². The summed E-state index contributed by atoms with van der Waals surface area (Å²) in [5, 5.41) is 20.0. The highest BCUT2D eigenvalue weighted by Gasteiger charge is 2.70. The molecular weight excluding hydrogens is 424 g/mol. The molecule has 4 rings (SSSR count). The second-order valence-electron chi connectivity index (χ2n) is 13.4. The van der Waals surface area contributed by atoms with Crippen LogP contribution in [0.4, 0.5) is 0 Å². The highest BCUT2D eigenvalue weighted by molar-refractivity contribution is 5.76. The summed E-state index contributed by atoms with van der Waals surface area (Å²) >= 11 is 0. The Morgan fingerprint density at radius 1 is 0.853 bits per heavy atom. The molecule has 34 heavy (non-hydrogen) atoms. The van der Waals surface area contributed by atoms with Crippen molar-refractivity contribution in [2.75, 3.05) is 0 Å². The lowest BCUT2D eigenvalue weighted by Crippen LogP contribution is -2.64. The lowest BCUT2D eigenvalue weighted by atomic mass is 9.34. The smallest absolute Gasteiger partial charge is 0.309 e. The number of carboxylic acid groups (broad SMARTS) is 2. The first-order valence-corrected chi connectivity index (χ1v) is 13.5. The summed E-state index contributed by atoms with van der Waals surface area (Å²) in [6.07, 6.45) is 8.64. The van der Waals surface area contributed by atoms with Gasteiger partial charge in [-0.15, -0.1) is 0 Å². The Bertz CT molecular complexity index is 905. The van der Waals surface area contributed by atoms with E-state index >= 15 is 0 Å². The summed E-state index contributed by atoms with van der Waals surface area (Å²) in [6.45, 7) is 20.2. The molecule has 0 heterocycles. The fourth-order valence-electron chi connectivity index (χ4n) is 10.4. The van der Waals surface area contributed by atoms with Crippen molar-refractivity contribution < 1.29 is 19.8 Å². The number of fused-ring (bicyclic) bond motifs is 5. The molecule has 0 bridgehead atoms. The number of carboxylic acids is 2. The van der Waals surface area contributed by atoms with Gasteiger partial charge < -0.3 is 10.2 Å². The molecule has 0 spiro atoms. The van der Waals surface area contributed by atoms with Gasteiger partial charge in [0.05, 0.1) is 5.41 Å². The first-order chi connectivity index (χ1) is 15.7. The minimum absolute atomic E-state index is 0.0576.